The van der Waals surface area contributed by atoms with Gasteiger partial charge in [0.25, 0.3) is 5.69 Å². The van der Waals surface area contributed by atoms with E-state index in [1.807, 2.05) is 24.3 Å². The second-order valence-electron chi connectivity index (χ2n) is 4.79. The Morgan fingerprint density at radius 3 is 2.55 bits per heavy atom. The lowest BCUT2D eigenvalue weighted by Crippen LogP contribution is -2.16. The lowest BCUT2D eigenvalue weighted by atomic mass is 10.1. The third kappa shape index (κ3) is 3.90. The van der Waals surface area contributed by atoms with Crippen molar-refractivity contribution in [2.24, 2.45) is 0 Å². The van der Waals surface area contributed by atoms with Crippen molar-refractivity contribution in [3.8, 4) is 0 Å². The second-order valence-corrected chi connectivity index (χ2v) is 4.79. The smallest absolute Gasteiger partial charge is 0.272 e. The monoisotopic (exact) mass is 270 g/mol. The van der Waals surface area contributed by atoms with Crippen LogP contribution in [0.1, 0.15) is 16.7 Å². The van der Waals surface area contributed by atoms with Crippen LogP contribution in [0.2, 0.25) is 0 Å². The number of aryl methyl sites for hydroxylation is 1. The molecule has 0 unspecified atom stereocenters. The molecule has 104 valence electrons. The highest BCUT2D eigenvalue weighted by molar-refractivity contribution is 5.42. The number of hydrogen-bond donors (Lipinski definition) is 1. The van der Waals surface area contributed by atoms with E-state index in [-0.39, 0.29) is 10.6 Å². The molecule has 4 nitrogen and oxygen atoms in total. The van der Waals surface area contributed by atoms with E-state index in [1.165, 1.54) is 5.56 Å². The second kappa shape index (κ2) is 6.82. The van der Waals surface area contributed by atoms with Crippen LogP contribution >= 0.6 is 0 Å². The van der Waals surface area contributed by atoms with E-state index >= 15 is 0 Å². The Hall–Kier alpha value is -2.20. The van der Waals surface area contributed by atoms with Crippen LogP contribution in [-0.2, 0) is 13.0 Å². The summed E-state index contributed by atoms with van der Waals surface area (Å²) in [6.07, 6.45) is 0.953. The van der Waals surface area contributed by atoms with Crippen molar-refractivity contribution in [1.29, 1.82) is 0 Å². The van der Waals surface area contributed by atoms with Crippen LogP contribution < -0.4 is 5.32 Å². The number of nitro groups is 1. The molecule has 2 rings (SSSR count). The highest BCUT2D eigenvalue weighted by Gasteiger charge is 2.10. The fraction of sp³-hybridized carbons (Fsp3) is 0.250. The molecule has 2 aromatic rings. The van der Waals surface area contributed by atoms with E-state index < -0.39 is 0 Å². The highest BCUT2D eigenvalue weighted by atomic mass is 16.6. The molecule has 0 atom stereocenters. The third-order valence-corrected chi connectivity index (χ3v) is 3.23. The molecule has 0 aliphatic carbocycles. The molecule has 0 radical (unpaired) electrons. The summed E-state index contributed by atoms with van der Waals surface area (Å²) in [7, 11) is 0. The van der Waals surface area contributed by atoms with E-state index in [0.29, 0.717) is 12.1 Å². The minimum atomic E-state index is -0.331. The van der Waals surface area contributed by atoms with Crippen molar-refractivity contribution in [3.63, 3.8) is 0 Å². The number of nitro benzene ring substituents is 1. The first-order valence-electron chi connectivity index (χ1n) is 6.65. The number of benzene rings is 2. The molecule has 0 fully saturated rings. The average molecular weight is 270 g/mol. The zero-order valence-corrected chi connectivity index (χ0v) is 11.5. The summed E-state index contributed by atoms with van der Waals surface area (Å²) in [5, 5.41) is 14.2. The van der Waals surface area contributed by atoms with Gasteiger partial charge in [0.1, 0.15) is 0 Å². The molecule has 0 heterocycles. The average Bonchev–Trinajstić information content (AvgIpc) is 2.46. The number of nitrogens with zero attached hydrogens (tertiary/aromatic N) is 1. The fourth-order valence-corrected chi connectivity index (χ4v) is 2.07. The molecule has 0 aliphatic rings. The van der Waals surface area contributed by atoms with Gasteiger partial charge in [-0.05, 0) is 31.0 Å². The van der Waals surface area contributed by atoms with Crippen LogP contribution in [0.25, 0.3) is 0 Å². The van der Waals surface area contributed by atoms with Gasteiger partial charge in [0, 0.05) is 18.2 Å². The summed E-state index contributed by atoms with van der Waals surface area (Å²) in [6, 6.07) is 15.6. The van der Waals surface area contributed by atoms with Crippen molar-refractivity contribution >= 4 is 5.69 Å². The molecule has 0 saturated carbocycles. The predicted octanol–water partition coefficient (Wildman–Crippen LogP) is 3.24. The molecule has 0 saturated heterocycles. The maximum atomic E-state index is 10.9. The molecule has 2 aromatic carbocycles. The Balaban J connectivity index is 1.85. The number of rotatable bonds is 6. The zero-order valence-electron chi connectivity index (χ0n) is 11.5. The van der Waals surface area contributed by atoms with E-state index in [9.17, 15) is 10.1 Å². The Labute approximate surface area is 118 Å². The predicted molar refractivity (Wildman–Crippen MR) is 79.7 cm³/mol. The highest BCUT2D eigenvalue weighted by Crippen LogP contribution is 2.19. The SMILES string of the molecule is Cc1ccc(CNCCc2ccccc2)cc1[N+](=O)[O-]. The normalized spacial score (nSPS) is 10.4. The van der Waals surface area contributed by atoms with Crippen molar-refractivity contribution in [2.75, 3.05) is 6.54 Å². The van der Waals surface area contributed by atoms with Crippen molar-refractivity contribution in [1.82, 2.24) is 5.32 Å². The Morgan fingerprint density at radius 2 is 1.85 bits per heavy atom. The van der Waals surface area contributed by atoms with Crippen molar-refractivity contribution < 1.29 is 4.92 Å². The summed E-state index contributed by atoms with van der Waals surface area (Å²) in [6.45, 7) is 3.25. The molecule has 0 spiro atoms. The molecular weight excluding hydrogens is 252 g/mol. The molecule has 0 aliphatic heterocycles. The summed E-state index contributed by atoms with van der Waals surface area (Å²) in [4.78, 5) is 10.5. The molecule has 20 heavy (non-hydrogen) atoms. The number of nitrogens with one attached hydrogen (secondary N) is 1. The maximum Gasteiger partial charge on any atom is 0.272 e. The minimum absolute atomic E-state index is 0.187. The Bertz CT molecular complexity index is 582. The van der Waals surface area contributed by atoms with Crippen LogP contribution in [0.15, 0.2) is 48.5 Å². The van der Waals surface area contributed by atoms with Gasteiger partial charge in [-0.3, -0.25) is 10.1 Å². The number of hydrogen-bond acceptors (Lipinski definition) is 3. The quantitative estimate of drug-likeness (QED) is 0.498. The van der Waals surface area contributed by atoms with E-state index in [2.05, 4.69) is 17.4 Å². The zero-order chi connectivity index (χ0) is 14.4. The Kier molecular flexibility index (Phi) is 4.85. The fourth-order valence-electron chi connectivity index (χ4n) is 2.07. The molecule has 0 aromatic heterocycles. The topological polar surface area (TPSA) is 55.2 Å². The first-order valence-corrected chi connectivity index (χ1v) is 6.65. The molecule has 0 bridgehead atoms. The van der Waals surface area contributed by atoms with Crippen molar-refractivity contribution in [3.05, 3.63) is 75.3 Å². The van der Waals surface area contributed by atoms with Crippen LogP contribution in [0, 0.1) is 17.0 Å². The summed E-state index contributed by atoms with van der Waals surface area (Å²) in [5.41, 5.74) is 3.11. The summed E-state index contributed by atoms with van der Waals surface area (Å²) >= 11 is 0. The maximum absolute atomic E-state index is 10.9. The Morgan fingerprint density at radius 1 is 1.10 bits per heavy atom. The van der Waals surface area contributed by atoms with Gasteiger partial charge in [0.15, 0.2) is 0 Å². The van der Waals surface area contributed by atoms with E-state index in [1.54, 1.807) is 19.1 Å². The largest absolute Gasteiger partial charge is 0.312 e. The van der Waals surface area contributed by atoms with Gasteiger partial charge in [-0.25, -0.2) is 0 Å². The minimum Gasteiger partial charge on any atom is -0.312 e. The van der Waals surface area contributed by atoms with Gasteiger partial charge in [0.2, 0.25) is 0 Å². The van der Waals surface area contributed by atoms with Crippen LogP contribution in [0.3, 0.4) is 0 Å². The van der Waals surface area contributed by atoms with Crippen LogP contribution in [-0.4, -0.2) is 11.5 Å². The van der Waals surface area contributed by atoms with Gasteiger partial charge >= 0.3 is 0 Å². The van der Waals surface area contributed by atoms with Crippen LogP contribution in [0.5, 0.6) is 0 Å². The standard InChI is InChI=1S/C16H18N2O2/c1-13-7-8-15(11-16(13)18(19)20)12-17-10-9-14-5-3-2-4-6-14/h2-8,11,17H,9-10,12H2,1H3. The van der Waals surface area contributed by atoms with E-state index in [0.717, 1.165) is 18.5 Å². The van der Waals surface area contributed by atoms with Gasteiger partial charge < -0.3 is 5.32 Å². The van der Waals surface area contributed by atoms with Gasteiger partial charge in [0.05, 0.1) is 4.92 Å². The first kappa shape index (κ1) is 14.2. The lowest BCUT2D eigenvalue weighted by Gasteiger charge is -2.06. The van der Waals surface area contributed by atoms with Crippen LogP contribution in [0.4, 0.5) is 5.69 Å². The van der Waals surface area contributed by atoms with Gasteiger partial charge in [-0.15, -0.1) is 0 Å². The van der Waals surface area contributed by atoms with Crippen molar-refractivity contribution in [2.45, 2.75) is 19.9 Å². The molecule has 0 amide bonds. The van der Waals surface area contributed by atoms with Gasteiger partial charge in [-0.1, -0.05) is 42.5 Å². The summed E-state index contributed by atoms with van der Waals surface area (Å²) in [5.74, 6) is 0. The first-order chi connectivity index (χ1) is 9.66. The van der Waals surface area contributed by atoms with Gasteiger partial charge in [-0.2, -0.15) is 0 Å². The van der Waals surface area contributed by atoms with E-state index in [4.69, 9.17) is 0 Å². The third-order valence-electron chi connectivity index (χ3n) is 3.23. The lowest BCUT2D eigenvalue weighted by molar-refractivity contribution is -0.385. The molecular formula is C16H18N2O2. The molecule has 1 N–H and O–H groups in total. The molecule has 4 heteroatoms. The summed E-state index contributed by atoms with van der Waals surface area (Å²) < 4.78 is 0.